The number of amides is 1. The maximum Gasteiger partial charge on any atom is 0.277 e. The molecule has 0 atom stereocenters. The van der Waals surface area contributed by atoms with Crippen molar-refractivity contribution in [1.29, 1.82) is 0 Å². The van der Waals surface area contributed by atoms with E-state index in [2.05, 4.69) is 20.6 Å². The van der Waals surface area contributed by atoms with E-state index in [4.69, 9.17) is 0 Å². The Morgan fingerprint density at radius 2 is 2.08 bits per heavy atom. The van der Waals surface area contributed by atoms with Crippen LogP contribution in [0.2, 0.25) is 0 Å². The van der Waals surface area contributed by atoms with Crippen LogP contribution in [-0.4, -0.2) is 25.9 Å². The van der Waals surface area contributed by atoms with E-state index in [1.165, 1.54) is 23.0 Å². The van der Waals surface area contributed by atoms with Crippen LogP contribution in [0.15, 0.2) is 41.3 Å². The summed E-state index contributed by atoms with van der Waals surface area (Å²) in [5.74, 6) is -1.39. The lowest BCUT2D eigenvalue weighted by atomic mass is 10.2. The van der Waals surface area contributed by atoms with Crippen molar-refractivity contribution >= 4 is 11.7 Å². The minimum atomic E-state index is -0.575. The van der Waals surface area contributed by atoms with E-state index in [-0.39, 0.29) is 17.8 Å². The molecule has 2 N–H and O–H groups in total. The Morgan fingerprint density at radius 1 is 1.28 bits per heavy atom. The summed E-state index contributed by atoms with van der Waals surface area (Å²) in [7, 11) is 0. The first-order chi connectivity index (χ1) is 11.9. The molecule has 0 aliphatic rings. The third kappa shape index (κ3) is 3.60. The predicted octanol–water partition coefficient (Wildman–Crippen LogP) is 1.85. The lowest BCUT2D eigenvalue weighted by Crippen LogP contribution is -2.20. The van der Waals surface area contributed by atoms with Gasteiger partial charge in [0.15, 0.2) is 0 Å². The molecule has 0 radical (unpaired) electrons. The third-order valence-corrected chi connectivity index (χ3v) is 3.49. The maximum atomic E-state index is 13.8. The Bertz CT molecular complexity index is 976. The summed E-state index contributed by atoms with van der Waals surface area (Å²) < 4.78 is 28.5. The van der Waals surface area contributed by atoms with Gasteiger partial charge in [0, 0.05) is 17.2 Å². The first kappa shape index (κ1) is 16.5. The standard InChI is InChI=1S/C16H13F2N5O2/c1-9-7-19-23(8-10-6-11(17)2-3-12(10)18)15(9)20-16(25)13-4-5-14(24)22-21-13/h2-7H,8H2,1H3,(H,20,25)(H,22,24). The van der Waals surface area contributed by atoms with Gasteiger partial charge in [-0.15, -0.1) is 0 Å². The van der Waals surface area contributed by atoms with Crippen LogP contribution in [0.4, 0.5) is 14.6 Å². The van der Waals surface area contributed by atoms with Gasteiger partial charge in [0.05, 0.1) is 12.7 Å². The van der Waals surface area contributed by atoms with Crippen LogP contribution in [-0.2, 0) is 6.54 Å². The summed E-state index contributed by atoms with van der Waals surface area (Å²) in [6.45, 7) is 1.65. The van der Waals surface area contributed by atoms with Crippen LogP contribution in [0.25, 0.3) is 0 Å². The van der Waals surface area contributed by atoms with Gasteiger partial charge in [-0.2, -0.15) is 10.2 Å². The average molecular weight is 345 g/mol. The number of carbonyl (C=O) groups excluding carboxylic acids is 1. The Kier molecular flexibility index (Phi) is 4.38. The third-order valence-electron chi connectivity index (χ3n) is 3.49. The second-order valence-electron chi connectivity index (χ2n) is 5.33. The molecule has 0 bridgehead atoms. The fourth-order valence-electron chi connectivity index (χ4n) is 2.23. The molecule has 128 valence electrons. The largest absolute Gasteiger partial charge is 0.305 e. The molecule has 0 saturated heterocycles. The predicted molar refractivity (Wildman–Crippen MR) is 85.2 cm³/mol. The molecule has 0 unspecified atom stereocenters. The van der Waals surface area contributed by atoms with E-state index in [9.17, 15) is 18.4 Å². The van der Waals surface area contributed by atoms with Crippen molar-refractivity contribution < 1.29 is 13.6 Å². The van der Waals surface area contributed by atoms with Gasteiger partial charge in [0.1, 0.15) is 23.1 Å². The molecule has 7 nitrogen and oxygen atoms in total. The van der Waals surface area contributed by atoms with Crippen molar-refractivity contribution in [1.82, 2.24) is 20.0 Å². The molecule has 0 fully saturated rings. The number of carbonyl (C=O) groups is 1. The molecule has 25 heavy (non-hydrogen) atoms. The van der Waals surface area contributed by atoms with Gasteiger partial charge < -0.3 is 5.32 Å². The van der Waals surface area contributed by atoms with Crippen molar-refractivity contribution in [2.24, 2.45) is 0 Å². The van der Waals surface area contributed by atoms with Crippen molar-refractivity contribution in [2.45, 2.75) is 13.5 Å². The summed E-state index contributed by atoms with van der Waals surface area (Å²) in [6.07, 6.45) is 1.49. The summed E-state index contributed by atoms with van der Waals surface area (Å²) in [5.41, 5.74) is 0.304. The number of rotatable bonds is 4. The maximum absolute atomic E-state index is 13.8. The van der Waals surface area contributed by atoms with Gasteiger partial charge in [-0.25, -0.2) is 18.6 Å². The molecule has 0 spiro atoms. The molecule has 1 aromatic carbocycles. The number of halogens is 2. The minimum Gasteiger partial charge on any atom is -0.305 e. The molecule has 2 heterocycles. The second kappa shape index (κ2) is 6.63. The Balaban J connectivity index is 1.86. The van der Waals surface area contributed by atoms with Crippen molar-refractivity contribution in [3.63, 3.8) is 0 Å². The van der Waals surface area contributed by atoms with E-state index < -0.39 is 23.1 Å². The molecular formula is C16H13F2N5O2. The van der Waals surface area contributed by atoms with Crippen LogP contribution >= 0.6 is 0 Å². The van der Waals surface area contributed by atoms with E-state index in [1.807, 2.05) is 0 Å². The number of nitrogens with zero attached hydrogens (tertiary/aromatic N) is 3. The average Bonchev–Trinajstić information content (AvgIpc) is 2.92. The fourth-order valence-corrected chi connectivity index (χ4v) is 2.23. The van der Waals surface area contributed by atoms with E-state index in [0.29, 0.717) is 11.4 Å². The quantitative estimate of drug-likeness (QED) is 0.755. The Hall–Kier alpha value is -3.36. The minimum absolute atomic E-state index is 0.00341. The van der Waals surface area contributed by atoms with Gasteiger partial charge >= 0.3 is 0 Å². The highest BCUT2D eigenvalue weighted by atomic mass is 19.1. The molecule has 3 rings (SSSR count). The normalized spacial score (nSPS) is 10.7. The highest BCUT2D eigenvalue weighted by Crippen LogP contribution is 2.18. The zero-order valence-electron chi connectivity index (χ0n) is 13.1. The van der Waals surface area contributed by atoms with Crippen molar-refractivity contribution in [2.75, 3.05) is 5.32 Å². The van der Waals surface area contributed by atoms with Gasteiger partial charge in [-0.05, 0) is 31.2 Å². The molecule has 0 saturated carbocycles. The molecule has 9 heteroatoms. The fraction of sp³-hybridized carbons (Fsp3) is 0.125. The number of H-pyrrole nitrogens is 1. The zero-order chi connectivity index (χ0) is 18.0. The van der Waals surface area contributed by atoms with Gasteiger partial charge in [0.25, 0.3) is 11.5 Å². The van der Waals surface area contributed by atoms with E-state index in [0.717, 1.165) is 18.2 Å². The topological polar surface area (TPSA) is 92.7 Å². The lowest BCUT2D eigenvalue weighted by Gasteiger charge is -2.10. The van der Waals surface area contributed by atoms with E-state index >= 15 is 0 Å². The van der Waals surface area contributed by atoms with Crippen LogP contribution < -0.4 is 10.9 Å². The van der Waals surface area contributed by atoms with Gasteiger partial charge in [0.2, 0.25) is 0 Å². The SMILES string of the molecule is Cc1cnn(Cc2cc(F)ccc2F)c1NC(=O)c1ccc(=O)[nH]n1. The number of benzene rings is 1. The zero-order valence-corrected chi connectivity index (χ0v) is 13.1. The van der Waals surface area contributed by atoms with E-state index in [1.54, 1.807) is 6.92 Å². The highest BCUT2D eigenvalue weighted by molar-refractivity contribution is 6.02. The molecule has 1 amide bonds. The Morgan fingerprint density at radius 3 is 2.80 bits per heavy atom. The van der Waals surface area contributed by atoms with Gasteiger partial charge in [-0.1, -0.05) is 0 Å². The van der Waals surface area contributed by atoms with Crippen molar-refractivity contribution in [3.05, 3.63) is 75.3 Å². The van der Waals surface area contributed by atoms with Crippen molar-refractivity contribution in [3.8, 4) is 0 Å². The highest BCUT2D eigenvalue weighted by Gasteiger charge is 2.15. The molecule has 0 aliphatic carbocycles. The first-order valence-electron chi connectivity index (χ1n) is 7.27. The van der Waals surface area contributed by atoms with Gasteiger partial charge in [-0.3, -0.25) is 9.59 Å². The molecular weight excluding hydrogens is 332 g/mol. The molecule has 0 aliphatic heterocycles. The molecule has 3 aromatic rings. The first-order valence-corrected chi connectivity index (χ1v) is 7.27. The van der Waals surface area contributed by atoms with Crippen LogP contribution in [0.3, 0.4) is 0 Å². The number of aromatic amines is 1. The number of hydrogen-bond acceptors (Lipinski definition) is 4. The number of nitrogens with one attached hydrogen (secondary N) is 2. The summed E-state index contributed by atoms with van der Waals surface area (Å²) in [4.78, 5) is 23.2. The summed E-state index contributed by atoms with van der Waals surface area (Å²) in [5, 5.41) is 12.5. The number of hydrogen-bond donors (Lipinski definition) is 2. The Labute approximate surface area is 140 Å². The molecule has 2 aromatic heterocycles. The lowest BCUT2D eigenvalue weighted by molar-refractivity contribution is 0.102. The number of aromatic nitrogens is 4. The second-order valence-corrected chi connectivity index (χ2v) is 5.33. The summed E-state index contributed by atoms with van der Waals surface area (Å²) in [6, 6.07) is 5.58. The summed E-state index contributed by atoms with van der Waals surface area (Å²) >= 11 is 0. The van der Waals surface area contributed by atoms with Crippen LogP contribution in [0.1, 0.15) is 21.6 Å². The monoisotopic (exact) mass is 345 g/mol. The number of aryl methyl sites for hydroxylation is 1. The van der Waals surface area contributed by atoms with Crippen LogP contribution in [0.5, 0.6) is 0 Å². The van der Waals surface area contributed by atoms with Crippen LogP contribution in [0, 0.1) is 18.6 Å². The smallest absolute Gasteiger partial charge is 0.277 e. The number of anilines is 1.